The Bertz CT molecular complexity index is 798. The number of fused-ring (bicyclic) bond motifs is 5. The first kappa shape index (κ1) is 27.6. The number of nitrogens with two attached hydrogens (primary N) is 2. The summed E-state index contributed by atoms with van der Waals surface area (Å²) in [6.07, 6.45) is 15.6. The summed E-state index contributed by atoms with van der Waals surface area (Å²) in [6.45, 7) is 18.1. The highest BCUT2D eigenvalue weighted by molar-refractivity contribution is 5.21. The third-order valence-electron chi connectivity index (χ3n) is 13.8. The van der Waals surface area contributed by atoms with Crippen molar-refractivity contribution in [3.8, 4) is 0 Å². The molecule has 0 spiro atoms. The van der Waals surface area contributed by atoms with Crippen molar-refractivity contribution in [2.24, 2.45) is 61.5 Å². The summed E-state index contributed by atoms with van der Waals surface area (Å²) in [5.74, 6) is 1.78. The highest BCUT2D eigenvalue weighted by Gasteiger charge is 2.69. The molecular formula is C31H57N3O. The van der Waals surface area contributed by atoms with E-state index in [0.29, 0.717) is 24.3 Å². The molecule has 0 aromatic rings. The zero-order chi connectivity index (χ0) is 25.9. The Hall–Kier alpha value is -0.480. The number of nitrogens with zero attached hydrogens (tertiary/aromatic N) is 1. The summed E-state index contributed by atoms with van der Waals surface area (Å²) in [5.41, 5.74) is 14.7. The van der Waals surface area contributed by atoms with Gasteiger partial charge in [-0.1, -0.05) is 79.3 Å². The molecule has 4 rings (SSSR count). The smallest absolute Gasteiger partial charge is 0.0973 e. The van der Waals surface area contributed by atoms with E-state index < -0.39 is 0 Å². The van der Waals surface area contributed by atoms with E-state index in [1.54, 1.807) is 0 Å². The van der Waals surface area contributed by atoms with Crippen LogP contribution in [0.4, 0.5) is 0 Å². The van der Waals surface area contributed by atoms with Crippen LogP contribution in [0, 0.1) is 49.7 Å². The Morgan fingerprint density at radius 2 is 1.43 bits per heavy atom. The number of hydrogen-bond acceptors (Lipinski definition) is 4. The maximum Gasteiger partial charge on any atom is 0.0973 e. The van der Waals surface area contributed by atoms with Gasteiger partial charge in [-0.3, -0.25) is 0 Å². The molecule has 4 heteroatoms. The second-order valence-corrected chi connectivity index (χ2v) is 15.2. The Balaban J connectivity index is 1.80. The van der Waals surface area contributed by atoms with Crippen LogP contribution in [0.2, 0.25) is 0 Å². The Morgan fingerprint density at radius 3 is 2.06 bits per heavy atom. The average Bonchev–Trinajstić information content (AvgIpc) is 2.99. The lowest BCUT2D eigenvalue weighted by Gasteiger charge is -2.71. The van der Waals surface area contributed by atoms with Crippen LogP contribution in [-0.2, 0) is 0 Å². The zero-order valence-electron chi connectivity index (χ0n) is 24.2. The zero-order valence-corrected chi connectivity index (χ0v) is 24.2. The molecular weight excluding hydrogens is 430 g/mol. The molecule has 4 aliphatic carbocycles. The summed E-state index contributed by atoms with van der Waals surface area (Å²) in [4.78, 5) is 12.0. The molecule has 35 heavy (non-hydrogen) atoms. The van der Waals surface area contributed by atoms with Gasteiger partial charge >= 0.3 is 0 Å². The molecule has 2 unspecified atom stereocenters. The van der Waals surface area contributed by atoms with Gasteiger partial charge in [0.15, 0.2) is 0 Å². The summed E-state index contributed by atoms with van der Waals surface area (Å²) in [5, 5.41) is 3.71. The van der Waals surface area contributed by atoms with Crippen LogP contribution in [0.1, 0.15) is 132 Å². The molecule has 0 saturated heterocycles. The Morgan fingerprint density at radius 1 is 0.800 bits per heavy atom. The first-order valence-corrected chi connectivity index (χ1v) is 15.1. The minimum absolute atomic E-state index is 0.0276. The fraction of sp³-hybridized carbons (Fsp3) is 1.00. The van der Waals surface area contributed by atoms with Crippen LogP contribution in [0.15, 0.2) is 5.18 Å². The van der Waals surface area contributed by atoms with Crippen LogP contribution in [-0.4, -0.2) is 18.1 Å². The quantitative estimate of drug-likeness (QED) is 0.388. The number of unbranched alkanes of at least 4 members (excludes halogenated alkanes) is 1. The molecule has 4 nitrogen and oxygen atoms in total. The van der Waals surface area contributed by atoms with E-state index in [1.807, 2.05) is 0 Å². The highest BCUT2D eigenvalue weighted by Crippen LogP contribution is 2.74. The van der Waals surface area contributed by atoms with Crippen LogP contribution >= 0.6 is 0 Å². The maximum absolute atomic E-state index is 12.0. The molecule has 0 radical (unpaired) electrons. The van der Waals surface area contributed by atoms with Crippen LogP contribution in [0.5, 0.6) is 0 Å². The summed E-state index contributed by atoms with van der Waals surface area (Å²) in [6, 6.07) is -0.0451. The molecule has 0 aromatic heterocycles. The molecule has 202 valence electrons. The van der Waals surface area contributed by atoms with Gasteiger partial charge in [-0.15, -0.1) is 0 Å². The molecule has 0 aromatic carbocycles. The lowest BCUT2D eigenvalue weighted by molar-refractivity contribution is -0.202. The number of rotatable bonds is 5. The average molecular weight is 488 g/mol. The van der Waals surface area contributed by atoms with Gasteiger partial charge in [0.25, 0.3) is 0 Å². The molecule has 4 N–H and O–H groups in total. The minimum atomic E-state index is -0.180. The summed E-state index contributed by atoms with van der Waals surface area (Å²) >= 11 is 0. The van der Waals surface area contributed by atoms with E-state index in [4.69, 9.17) is 11.5 Å². The van der Waals surface area contributed by atoms with Crippen molar-refractivity contribution in [1.29, 1.82) is 0 Å². The van der Waals surface area contributed by atoms with Gasteiger partial charge in [0.05, 0.1) is 6.04 Å². The number of nitroso groups, excluding NO2 is 1. The van der Waals surface area contributed by atoms with Crippen molar-refractivity contribution in [2.75, 3.05) is 6.54 Å². The van der Waals surface area contributed by atoms with E-state index in [-0.39, 0.29) is 38.7 Å². The van der Waals surface area contributed by atoms with Gasteiger partial charge in [0, 0.05) is 5.54 Å². The third-order valence-corrected chi connectivity index (χ3v) is 13.8. The van der Waals surface area contributed by atoms with Gasteiger partial charge in [0.2, 0.25) is 0 Å². The molecule has 0 heterocycles. The molecule has 0 bridgehead atoms. The summed E-state index contributed by atoms with van der Waals surface area (Å²) in [7, 11) is 0. The molecule has 9 atom stereocenters. The fourth-order valence-corrected chi connectivity index (χ4v) is 11.3. The first-order chi connectivity index (χ1) is 16.3. The third kappa shape index (κ3) is 3.65. The largest absolute Gasteiger partial charge is 0.330 e. The van der Waals surface area contributed by atoms with Gasteiger partial charge in [-0.05, 0) is 109 Å². The van der Waals surface area contributed by atoms with Crippen molar-refractivity contribution in [3.05, 3.63) is 4.91 Å². The van der Waals surface area contributed by atoms with Gasteiger partial charge in [0.1, 0.15) is 0 Å². The lowest BCUT2D eigenvalue weighted by Crippen LogP contribution is -2.72. The molecule has 4 aliphatic rings. The van der Waals surface area contributed by atoms with Crippen molar-refractivity contribution in [2.45, 2.75) is 144 Å². The van der Waals surface area contributed by atoms with E-state index in [2.05, 4.69) is 53.6 Å². The maximum atomic E-state index is 12.0. The van der Waals surface area contributed by atoms with E-state index in [1.165, 1.54) is 57.8 Å². The monoisotopic (exact) mass is 487 g/mol. The molecule has 0 amide bonds. The standard InChI is InChI=1S/C31H57N3O/c1-8-9-18-31(33)24-15-14-23-28(5)16-11-13-25(34-35)26(2,3)22(28)12-10-17-29(23,6)30(24,7)20-19-27(31,4)21-32/h22-25H,8-21,32-33H2,1-7H3/t22?,23?,24-,25-,27+,28-,29+,30+,31-/m0/s1. The van der Waals surface area contributed by atoms with Gasteiger partial charge in [-0.25, -0.2) is 0 Å². The second-order valence-electron chi connectivity index (χ2n) is 15.2. The Labute approximate surface area is 216 Å². The van der Waals surface area contributed by atoms with E-state index in [0.717, 1.165) is 25.7 Å². The number of hydrogen-bond donors (Lipinski definition) is 2. The van der Waals surface area contributed by atoms with Gasteiger partial charge < -0.3 is 11.5 Å². The van der Waals surface area contributed by atoms with Crippen molar-refractivity contribution >= 4 is 0 Å². The molecule has 4 saturated carbocycles. The van der Waals surface area contributed by atoms with E-state index in [9.17, 15) is 4.91 Å². The first-order valence-electron chi connectivity index (χ1n) is 15.1. The topological polar surface area (TPSA) is 81.5 Å². The van der Waals surface area contributed by atoms with Crippen LogP contribution < -0.4 is 11.5 Å². The van der Waals surface area contributed by atoms with Gasteiger partial charge in [-0.2, -0.15) is 4.91 Å². The van der Waals surface area contributed by atoms with Crippen molar-refractivity contribution in [3.63, 3.8) is 0 Å². The van der Waals surface area contributed by atoms with Crippen LogP contribution in [0.25, 0.3) is 0 Å². The second kappa shape index (κ2) is 9.07. The highest BCUT2D eigenvalue weighted by atomic mass is 16.3. The minimum Gasteiger partial charge on any atom is -0.330 e. The lowest BCUT2D eigenvalue weighted by atomic mass is 9.35. The predicted octanol–water partition coefficient (Wildman–Crippen LogP) is 7.82. The SMILES string of the molecule is CCCC[C@]1(N)[C@H]2CCC3[C@@]4(C)CCC[C@H](N=O)C(C)(C)C4CCC[C@@]3(C)[C@]2(C)CC[C@]1(C)CN. The Kier molecular flexibility index (Phi) is 7.14. The molecule has 4 fully saturated rings. The van der Waals surface area contributed by atoms with Crippen molar-refractivity contribution < 1.29 is 0 Å². The molecule has 0 aliphatic heterocycles. The predicted molar refractivity (Wildman–Crippen MR) is 148 cm³/mol. The summed E-state index contributed by atoms with van der Waals surface area (Å²) < 4.78 is 0. The van der Waals surface area contributed by atoms with Crippen molar-refractivity contribution in [1.82, 2.24) is 0 Å². The van der Waals surface area contributed by atoms with E-state index >= 15 is 0 Å². The fourth-order valence-electron chi connectivity index (χ4n) is 11.3. The normalized spacial score (nSPS) is 51.8. The van der Waals surface area contributed by atoms with Crippen LogP contribution in [0.3, 0.4) is 0 Å².